The molecule has 1 atom stereocenters. The Kier molecular flexibility index (Phi) is 7.80. The Balaban J connectivity index is 1.81. The van der Waals surface area contributed by atoms with Gasteiger partial charge >= 0.3 is 6.03 Å². The summed E-state index contributed by atoms with van der Waals surface area (Å²) in [6.45, 7) is 4.28. The van der Waals surface area contributed by atoms with Gasteiger partial charge in [0.2, 0.25) is 0 Å². The summed E-state index contributed by atoms with van der Waals surface area (Å²) in [6, 6.07) is 4.22. The molecule has 0 radical (unpaired) electrons. The van der Waals surface area contributed by atoms with Gasteiger partial charge in [-0.15, -0.1) is 6.58 Å². The minimum absolute atomic E-state index is 0.0343. The number of rotatable bonds is 5. The molecule has 3 rings (SSSR count). The molecular weight excluding hydrogens is 441 g/mol. The lowest BCUT2D eigenvalue weighted by atomic mass is 9.92. The molecule has 1 unspecified atom stereocenters. The van der Waals surface area contributed by atoms with Gasteiger partial charge in [0, 0.05) is 37.3 Å². The number of nitrogens with one attached hydrogen (secondary N) is 2. The van der Waals surface area contributed by atoms with Gasteiger partial charge in [-0.05, 0) is 43.9 Å². The van der Waals surface area contributed by atoms with Gasteiger partial charge in [0.1, 0.15) is 0 Å². The van der Waals surface area contributed by atoms with Crippen LogP contribution in [0.5, 0.6) is 0 Å². The van der Waals surface area contributed by atoms with Crippen molar-refractivity contribution < 1.29 is 14.4 Å². The fourth-order valence-corrected chi connectivity index (χ4v) is 4.23. The number of halogens is 2. The second kappa shape index (κ2) is 10.3. The first-order chi connectivity index (χ1) is 14.8. The number of amides is 4. The summed E-state index contributed by atoms with van der Waals surface area (Å²) >= 11 is 12.0. The maximum absolute atomic E-state index is 13.2. The number of hydrogen-bond acceptors (Lipinski definition) is 4. The average molecular weight is 468 g/mol. The molecule has 0 bridgehead atoms. The minimum atomic E-state index is -1.07. The van der Waals surface area contributed by atoms with Gasteiger partial charge in [0.05, 0.1) is 10.0 Å². The van der Waals surface area contributed by atoms with Crippen LogP contribution in [-0.2, 0) is 4.79 Å². The van der Waals surface area contributed by atoms with E-state index in [0.29, 0.717) is 10.6 Å². The summed E-state index contributed by atoms with van der Waals surface area (Å²) in [5.41, 5.74) is 6.25. The molecule has 4 amide bonds. The molecule has 0 aromatic heterocycles. The van der Waals surface area contributed by atoms with Crippen LogP contribution in [0.2, 0.25) is 10.0 Å². The molecule has 2 fully saturated rings. The fraction of sp³-hybridized carbons (Fsp3) is 0.476. The average Bonchev–Trinajstić information content (AvgIpc) is 3.20. The van der Waals surface area contributed by atoms with Gasteiger partial charge in [-0.25, -0.2) is 4.79 Å². The van der Waals surface area contributed by atoms with E-state index >= 15 is 0 Å². The number of hydrogen-bond donors (Lipinski definition) is 3. The largest absolute Gasteiger partial charge is 0.350 e. The second-order valence-electron chi connectivity index (χ2n) is 7.79. The van der Waals surface area contributed by atoms with Gasteiger partial charge in [-0.3, -0.25) is 14.5 Å². The number of nitrogens with two attached hydrogens (primary N) is 1. The standard InChI is InChI=1S/C21H27Cl2N5O3/c1-2-9-25-21(31)28-11-10-27(20(30)13-3-8-16(22)17(23)12-13)19(28)18(29)26-15-6-4-14(24)5-7-15/h2-3,8,12,14-15,19H,1,4-7,9-11,24H2,(H,25,31)(H,26,29). The molecule has 31 heavy (non-hydrogen) atoms. The molecule has 168 valence electrons. The fourth-order valence-electron chi connectivity index (χ4n) is 3.93. The molecule has 1 saturated carbocycles. The number of benzene rings is 1. The predicted octanol–water partition coefficient (Wildman–Crippen LogP) is 2.36. The normalized spacial score (nSPS) is 23.4. The third kappa shape index (κ3) is 5.50. The zero-order valence-electron chi connectivity index (χ0n) is 17.2. The van der Waals surface area contributed by atoms with E-state index in [4.69, 9.17) is 28.9 Å². The highest BCUT2D eigenvalue weighted by Crippen LogP contribution is 2.26. The highest BCUT2D eigenvalue weighted by Gasteiger charge is 2.43. The summed E-state index contributed by atoms with van der Waals surface area (Å²) < 4.78 is 0. The number of carbonyl (C=O) groups excluding carboxylic acids is 3. The Bertz CT molecular complexity index is 857. The first kappa shape index (κ1) is 23.4. The zero-order chi connectivity index (χ0) is 22.5. The third-order valence-electron chi connectivity index (χ3n) is 5.61. The van der Waals surface area contributed by atoms with Crippen molar-refractivity contribution >= 4 is 41.0 Å². The van der Waals surface area contributed by atoms with Crippen LogP contribution in [-0.4, -0.2) is 65.5 Å². The molecule has 1 saturated heterocycles. The lowest BCUT2D eigenvalue weighted by molar-refractivity contribution is -0.129. The van der Waals surface area contributed by atoms with Crippen LogP contribution in [0.25, 0.3) is 0 Å². The Morgan fingerprint density at radius 2 is 1.77 bits per heavy atom. The van der Waals surface area contributed by atoms with E-state index in [9.17, 15) is 14.4 Å². The summed E-state index contributed by atoms with van der Waals surface area (Å²) in [5, 5.41) is 6.25. The Morgan fingerprint density at radius 1 is 1.10 bits per heavy atom. The molecule has 8 nitrogen and oxygen atoms in total. The number of carbonyl (C=O) groups is 3. The molecular formula is C21H27Cl2N5O3. The van der Waals surface area contributed by atoms with E-state index in [1.165, 1.54) is 21.9 Å². The minimum Gasteiger partial charge on any atom is -0.350 e. The third-order valence-corrected chi connectivity index (χ3v) is 6.35. The summed E-state index contributed by atoms with van der Waals surface area (Å²) in [7, 11) is 0. The second-order valence-corrected chi connectivity index (χ2v) is 8.60. The summed E-state index contributed by atoms with van der Waals surface area (Å²) in [5.74, 6) is -0.788. The molecule has 1 heterocycles. The summed E-state index contributed by atoms with van der Waals surface area (Å²) in [6.07, 6.45) is 3.66. The van der Waals surface area contributed by atoms with E-state index in [1.807, 2.05) is 0 Å². The van der Waals surface area contributed by atoms with Crippen molar-refractivity contribution in [3.05, 3.63) is 46.5 Å². The highest BCUT2D eigenvalue weighted by molar-refractivity contribution is 6.42. The topological polar surface area (TPSA) is 108 Å². The number of urea groups is 1. The van der Waals surface area contributed by atoms with E-state index in [0.717, 1.165) is 25.7 Å². The van der Waals surface area contributed by atoms with Crippen LogP contribution < -0.4 is 16.4 Å². The van der Waals surface area contributed by atoms with Crippen molar-refractivity contribution in [2.75, 3.05) is 19.6 Å². The predicted molar refractivity (Wildman–Crippen MR) is 120 cm³/mol. The Labute approximate surface area is 191 Å². The quantitative estimate of drug-likeness (QED) is 0.577. The molecule has 2 aliphatic rings. The van der Waals surface area contributed by atoms with E-state index in [2.05, 4.69) is 17.2 Å². The molecule has 1 aromatic carbocycles. The SMILES string of the molecule is C=CCNC(=O)N1CCN(C(=O)c2ccc(Cl)c(Cl)c2)C1C(=O)NC1CCC(N)CC1. The van der Waals surface area contributed by atoms with E-state index in [-0.39, 0.29) is 42.6 Å². The van der Waals surface area contributed by atoms with Crippen LogP contribution in [0.3, 0.4) is 0 Å². The Hall–Kier alpha value is -2.29. The zero-order valence-corrected chi connectivity index (χ0v) is 18.7. The molecule has 10 heteroatoms. The van der Waals surface area contributed by atoms with Crippen molar-refractivity contribution in [2.24, 2.45) is 5.73 Å². The van der Waals surface area contributed by atoms with Crippen molar-refractivity contribution in [2.45, 2.75) is 43.9 Å². The smallest absolute Gasteiger partial charge is 0.319 e. The van der Waals surface area contributed by atoms with Crippen LogP contribution in [0.1, 0.15) is 36.0 Å². The lowest BCUT2D eigenvalue weighted by Crippen LogP contribution is -2.57. The van der Waals surface area contributed by atoms with Crippen LogP contribution in [0.4, 0.5) is 4.79 Å². The maximum Gasteiger partial charge on any atom is 0.319 e. The van der Waals surface area contributed by atoms with Crippen molar-refractivity contribution in [1.29, 1.82) is 0 Å². The van der Waals surface area contributed by atoms with Crippen molar-refractivity contribution in [3.8, 4) is 0 Å². The van der Waals surface area contributed by atoms with Crippen molar-refractivity contribution in [3.63, 3.8) is 0 Å². The van der Waals surface area contributed by atoms with Gasteiger partial charge in [0.15, 0.2) is 6.17 Å². The van der Waals surface area contributed by atoms with E-state index in [1.54, 1.807) is 12.1 Å². The Morgan fingerprint density at radius 3 is 2.42 bits per heavy atom. The first-order valence-electron chi connectivity index (χ1n) is 10.3. The van der Waals surface area contributed by atoms with E-state index < -0.39 is 18.1 Å². The maximum atomic E-state index is 13.2. The molecule has 0 spiro atoms. The van der Waals surface area contributed by atoms with Crippen LogP contribution in [0.15, 0.2) is 30.9 Å². The van der Waals surface area contributed by atoms with Gasteiger partial charge in [-0.2, -0.15) is 0 Å². The monoisotopic (exact) mass is 467 g/mol. The van der Waals surface area contributed by atoms with Gasteiger partial charge in [0.25, 0.3) is 11.8 Å². The molecule has 1 aliphatic carbocycles. The molecule has 1 aliphatic heterocycles. The highest BCUT2D eigenvalue weighted by atomic mass is 35.5. The number of nitrogens with zero attached hydrogens (tertiary/aromatic N) is 2. The molecule has 1 aromatic rings. The summed E-state index contributed by atoms with van der Waals surface area (Å²) in [4.78, 5) is 41.8. The van der Waals surface area contributed by atoms with Gasteiger partial charge in [-0.1, -0.05) is 29.3 Å². The van der Waals surface area contributed by atoms with Crippen molar-refractivity contribution in [1.82, 2.24) is 20.4 Å². The van der Waals surface area contributed by atoms with Gasteiger partial charge < -0.3 is 21.3 Å². The first-order valence-corrected chi connectivity index (χ1v) is 11.0. The van der Waals surface area contributed by atoms with Crippen LogP contribution >= 0.6 is 23.2 Å². The van der Waals surface area contributed by atoms with Crippen LogP contribution in [0, 0.1) is 0 Å². The molecule has 4 N–H and O–H groups in total. The lowest BCUT2D eigenvalue weighted by Gasteiger charge is -2.32.